The van der Waals surface area contributed by atoms with Gasteiger partial charge in [0.05, 0.1) is 32.1 Å². The second kappa shape index (κ2) is 9.07. The van der Waals surface area contributed by atoms with Gasteiger partial charge < -0.3 is 9.47 Å². The number of morpholine rings is 1. The summed E-state index contributed by atoms with van der Waals surface area (Å²) in [5.74, 6) is 1.66. The summed E-state index contributed by atoms with van der Waals surface area (Å²) in [5, 5.41) is 2.11. The van der Waals surface area contributed by atoms with Gasteiger partial charge in [0.15, 0.2) is 0 Å². The van der Waals surface area contributed by atoms with Crippen molar-refractivity contribution >= 4 is 39.3 Å². The number of rotatable bonds is 6. The molecule has 2 aromatic heterocycles. The lowest BCUT2D eigenvalue weighted by Crippen LogP contribution is -2.36. The molecule has 152 valence electrons. The highest BCUT2D eigenvalue weighted by Crippen LogP contribution is 2.41. The minimum absolute atomic E-state index is 0.188. The molecule has 1 fully saturated rings. The number of fused-ring (bicyclic) bond motifs is 3. The van der Waals surface area contributed by atoms with Gasteiger partial charge in [-0.2, -0.15) is 0 Å². The molecule has 0 N–H and O–H groups in total. The predicted octanol–water partition coefficient (Wildman–Crippen LogP) is 3.30. The maximum atomic E-state index is 11.9. The summed E-state index contributed by atoms with van der Waals surface area (Å²) in [6.07, 6.45) is 3.41. The quantitative estimate of drug-likeness (QED) is 0.403. The summed E-state index contributed by atoms with van der Waals surface area (Å²) < 4.78 is 10.6. The Kier molecular flexibility index (Phi) is 6.50. The fourth-order valence-corrected chi connectivity index (χ4v) is 6.15. The Bertz CT molecular complexity index is 849. The lowest BCUT2D eigenvalue weighted by molar-refractivity contribution is -0.139. The first-order chi connectivity index (χ1) is 13.6. The zero-order valence-corrected chi connectivity index (χ0v) is 18.2. The van der Waals surface area contributed by atoms with Gasteiger partial charge in [-0.05, 0) is 37.7 Å². The number of thiophene rings is 1. The SMILES string of the molecule is CCOC(=O)CSc1nc(CN2CCOCC2)nc2sc3c(c12)CC[C@H](C)C3. The average molecular weight is 422 g/mol. The molecular weight excluding hydrogens is 394 g/mol. The molecular formula is C20H27N3O3S2. The van der Waals surface area contributed by atoms with Crippen molar-refractivity contribution in [2.24, 2.45) is 5.92 Å². The monoisotopic (exact) mass is 421 g/mol. The van der Waals surface area contributed by atoms with Gasteiger partial charge in [-0.15, -0.1) is 11.3 Å². The molecule has 0 radical (unpaired) electrons. The molecule has 1 atom stereocenters. The van der Waals surface area contributed by atoms with Crippen LogP contribution in [0.25, 0.3) is 10.2 Å². The lowest BCUT2D eigenvalue weighted by Gasteiger charge is -2.25. The van der Waals surface area contributed by atoms with Crippen LogP contribution in [0.3, 0.4) is 0 Å². The molecule has 3 heterocycles. The molecule has 0 spiro atoms. The van der Waals surface area contributed by atoms with Crippen LogP contribution in [-0.2, 0) is 33.7 Å². The largest absolute Gasteiger partial charge is 0.465 e. The number of hydrogen-bond acceptors (Lipinski definition) is 8. The number of carbonyl (C=O) groups is 1. The minimum atomic E-state index is -0.188. The Morgan fingerprint density at radius 3 is 2.96 bits per heavy atom. The van der Waals surface area contributed by atoms with E-state index in [4.69, 9.17) is 19.4 Å². The van der Waals surface area contributed by atoms with Crippen LogP contribution in [-0.4, -0.2) is 59.5 Å². The van der Waals surface area contributed by atoms with E-state index < -0.39 is 0 Å². The molecule has 0 bridgehead atoms. The number of aromatic nitrogens is 2. The van der Waals surface area contributed by atoms with Crippen LogP contribution >= 0.6 is 23.1 Å². The maximum absolute atomic E-state index is 11.9. The van der Waals surface area contributed by atoms with Gasteiger partial charge in [0.2, 0.25) is 0 Å². The van der Waals surface area contributed by atoms with E-state index in [1.807, 2.05) is 18.3 Å². The molecule has 0 saturated carbocycles. The highest BCUT2D eigenvalue weighted by molar-refractivity contribution is 8.00. The van der Waals surface area contributed by atoms with Gasteiger partial charge in [-0.25, -0.2) is 9.97 Å². The van der Waals surface area contributed by atoms with Gasteiger partial charge >= 0.3 is 5.97 Å². The summed E-state index contributed by atoms with van der Waals surface area (Å²) in [6.45, 7) is 8.63. The minimum Gasteiger partial charge on any atom is -0.465 e. The summed E-state index contributed by atoms with van der Waals surface area (Å²) in [4.78, 5) is 26.6. The van der Waals surface area contributed by atoms with E-state index in [-0.39, 0.29) is 11.7 Å². The van der Waals surface area contributed by atoms with E-state index in [1.54, 1.807) is 0 Å². The van der Waals surface area contributed by atoms with Crippen molar-refractivity contribution in [1.82, 2.24) is 14.9 Å². The molecule has 1 aliphatic heterocycles. The zero-order valence-electron chi connectivity index (χ0n) is 16.5. The summed E-state index contributed by atoms with van der Waals surface area (Å²) in [6, 6.07) is 0. The molecule has 0 aromatic carbocycles. The van der Waals surface area contributed by atoms with Crippen molar-refractivity contribution in [3.63, 3.8) is 0 Å². The van der Waals surface area contributed by atoms with Gasteiger partial charge in [-0.1, -0.05) is 18.7 Å². The number of esters is 1. The van der Waals surface area contributed by atoms with Gasteiger partial charge in [0.1, 0.15) is 15.7 Å². The zero-order chi connectivity index (χ0) is 19.5. The number of hydrogen-bond donors (Lipinski definition) is 0. The van der Waals surface area contributed by atoms with Gasteiger partial charge in [-0.3, -0.25) is 9.69 Å². The van der Waals surface area contributed by atoms with E-state index in [9.17, 15) is 4.79 Å². The molecule has 1 saturated heterocycles. The standard InChI is InChI=1S/C20H27N3O3S2/c1-3-26-17(24)12-27-19-18-14-5-4-13(2)10-15(14)28-20(18)22-16(21-19)11-23-6-8-25-9-7-23/h13H,3-12H2,1-2H3/t13-/m0/s1. The van der Waals surface area contributed by atoms with Gasteiger partial charge in [0.25, 0.3) is 0 Å². The van der Waals surface area contributed by atoms with Crippen molar-refractivity contribution < 1.29 is 14.3 Å². The first kappa shape index (κ1) is 20.1. The first-order valence-electron chi connectivity index (χ1n) is 10.0. The molecule has 4 rings (SSSR count). The third kappa shape index (κ3) is 4.50. The number of carbonyl (C=O) groups excluding carboxylic acids is 1. The molecule has 0 amide bonds. The van der Waals surface area contributed by atoms with Crippen LogP contribution < -0.4 is 0 Å². The molecule has 28 heavy (non-hydrogen) atoms. The highest BCUT2D eigenvalue weighted by atomic mass is 32.2. The van der Waals surface area contributed by atoms with Crippen LogP contribution in [0.15, 0.2) is 5.03 Å². The van der Waals surface area contributed by atoms with E-state index in [1.165, 1.54) is 34.0 Å². The Labute approximate surface area is 174 Å². The Morgan fingerprint density at radius 2 is 2.18 bits per heavy atom. The fraction of sp³-hybridized carbons (Fsp3) is 0.650. The topological polar surface area (TPSA) is 64.5 Å². The van der Waals surface area contributed by atoms with Crippen LogP contribution in [0.2, 0.25) is 0 Å². The lowest BCUT2D eigenvalue weighted by atomic mass is 9.89. The van der Waals surface area contributed by atoms with Crippen molar-refractivity contribution in [2.45, 2.75) is 44.7 Å². The average Bonchev–Trinajstić information content (AvgIpc) is 3.04. The molecule has 6 nitrogen and oxygen atoms in total. The van der Waals surface area contributed by atoms with Crippen molar-refractivity contribution in [3.05, 3.63) is 16.3 Å². The molecule has 2 aromatic rings. The van der Waals surface area contributed by atoms with E-state index >= 15 is 0 Å². The van der Waals surface area contributed by atoms with Crippen molar-refractivity contribution in [1.29, 1.82) is 0 Å². The summed E-state index contributed by atoms with van der Waals surface area (Å²) in [7, 11) is 0. The summed E-state index contributed by atoms with van der Waals surface area (Å²) in [5.41, 5.74) is 1.40. The number of aryl methyl sites for hydroxylation is 1. The second-order valence-corrected chi connectivity index (χ2v) is 9.51. The Hall–Kier alpha value is -1.22. The third-order valence-corrected chi connectivity index (χ3v) is 7.37. The van der Waals surface area contributed by atoms with E-state index in [0.29, 0.717) is 6.61 Å². The van der Waals surface area contributed by atoms with E-state index in [0.717, 1.165) is 67.3 Å². The van der Waals surface area contributed by atoms with Gasteiger partial charge in [0, 0.05) is 23.4 Å². The van der Waals surface area contributed by atoms with Crippen LogP contribution in [0.1, 0.15) is 36.5 Å². The summed E-state index contributed by atoms with van der Waals surface area (Å²) >= 11 is 3.30. The van der Waals surface area contributed by atoms with Crippen LogP contribution in [0.5, 0.6) is 0 Å². The molecule has 8 heteroatoms. The predicted molar refractivity (Wildman–Crippen MR) is 112 cm³/mol. The van der Waals surface area contributed by atoms with Crippen molar-refractivity contribution in [3.8, 4) is 0 Å². The second-order valence-electron chi connectivity index (χ2n) is 7.46. The Morgan fingerprint density at radius 1 is 1.36 bits per heavy atom. The number of thioether (sulfide) groups is 1. The molecule has 2 aliphatic rings. The van der Waals surface area contributed by atoms with Crippen molar-refractivity contribution in [2.75, 3.05) is 38.7 Å². The van der Waals surface area contributed by atoms with Crippen LogP contribution in [0.4, 0.5) is 0 Å². The fourth-order valence-electron chi connectivity index (χ4n) is 3.82. The molecule has 0 unspecified atom stereocenters. The van der Waals surface area contributed by atoms with Crippen LogP contribution in [0, 0.1) is 5.92 Å². The normalized spacial score (nSPS) is 20.3. The Balaban J connectivity index is 1.66. The third-order valence-electron chi connectivity index (χ3n) is 5.27. The number of ether oxygens (including phenoxy) is 2. The van der Waals surface area contributed by atoms with E-state index in [2.05, 4.69) is 11.8 Å². The highest BCUT2D eigenvalue weighted by Gasteiger charge is 2.25. The first-order valence-corrected chi connectivity index (χ1v) is 11.8. The molecule has 1 aliphatic carbocycles. The smallest absolute Gasteiger partial charge is 0.316 e. The maximum Gasteiger partial charge on any atom is 0.316 e. The number of nitrogens with zero attached hydrogens (tertiary/aromatic N) is 3.